The van der Waals surface area contributed by atoms with Gasteiger partial charge >= 0.3 is 0 Å². The van der Waals surface area contributed by atoms with E-state index in [4.69, 9.17) is 5.26 Å². The lowest BCUT2D eigenvalue weighted by Gasteiger charge is -2.15. The normalized spacial score (nSPS) is 19.4. The first-order chi connectivity index (χ1) is 7.70. The quantitative estimate of drug-likeness (QED) is 0.852. The molecule has 1 aliphatic heterocycles. The molecule has 1 fully saturated rings. The van der Waals surface area contributed by atoms with Crippen LogP contribution in [0.1, 0.15) is 23.4 Å². The van der Waals surface area contributed by atoms with Crippen LogP contribution in [0.5, 0.6) is 0 Å². The van der Waals surface area contributed by atoms with Crippen LogP contribution in [0, 0.1) is 25.2 Å². The van der Waals surface area contributed by atoms with E-state index in [2.05, 4.69) is 16.4 Å². The zero-order valence-electron chi connectivity index (χ0n) is 9.58. The molecule has 0 aliphatic carbocycles. The van der Waals surface area contributed by atoms with Gasteiger partial charge in [0.15, 0.2) is 0 Å². The van der Waals surface area contributed by atoms with Crippen LogP contribution in [-0.4, -0.2) is 22.5 Å². The van der Waals surface area contributed by atoms with Crippen molar-refractivity contribution in [3.63, 3.8) is 0 Å². The third kappa shape index (κ3) is 2.30. The van der Waals surface area contributed by atoms with Gasteiger partial charge in [0.25, 0.3) is 0 Å². The van der Waals surface area contributed by atoms with Gasteiger partial charge in [0.1, 0.15) is 6.07 Å². The summed E-state index contributed by atoms with van der Waals surface area (Å²) in [7, 11) is 0. The van der Waals surface area contributed by atoms with E-state index in [0.29, 0.717) is 11.6 Å². The van der Waals surface area contributed by atoms with Crippen LogP contribution in [0.15, 0.2) is 6.07 Å². The van der Waals surface area contributed by atoms with Crippen LogP contribution in [0.25, 0.3) is 0 Å². The average Bonchev–Trinajstić information content (AvgIpc) is 2.70. The number of hydrogen-bond donors (Lipinski definition) is 1. The number of pyridine rings is 1. The maximum Gasteiger partial charge on any atom is 0.103 e. The van der Waals surface area contributed by atoms with Crippen LogP contribution in [0.2, 0.25) is 0 Å². The number of thioether (sulfide) groups is 1. The first-order valence-electron chi connectivity index (χ1n) is 5.43. The lowest BCUT2D eigenvalue weighted by molar-refractivity contribution is 0.811. The summed E-state index contributed by atoms with van der Waals surface area (Å²) in [5.74, 6) is 2.34. The van der Waals surface area contributed by atoms with E-state index >= 15 is 0 Å². The molecular formula is C12H15N3S. The summed E-state index contributed by atoms with van der Waals surface area (Å²) in [6.07, 6.45) is 1.18. The number of aromatic nitrogens is 1. The van der Waals surface area contributed by atoms with Crippen molar-refractivity contribution in [2.75, 3.05) is 16.8 Å². The Morgan fingerprint density at radius 1 is 1.56 bits per heavy atom. The van der Waals surface area contributed by atoms with Crippen LogP contribution in [0.3, 0.4) is 0 Å². The van der Waals surface area contributed by atoms with E-state index in [0.717, 1.165) is 22.8 Å². The lowest BCUT2D eigenvalue weighted by atomic mass is 10.1. The Hall–Kier alpha value is -1.21. The largest absolute Gasteiger partial charge is 0.380 e. The molecule has 1 unspecified atom stereocenters. The zero-order chi connectivity index (χ0) is 11.5. The molecule has 0 amide bonds. The number of rotatable bonds is 2. The number of aryl methyl sites for hydroxylation is 2. The highest BCUT2D eigenvalue weighted by Crippen LogP contribution is 2.24. The van der Waals surface area contributed by atoms with Gasteiger partial charge in [0, 0.05) is 17.5 Å². The van der Waals surface area contributed by atoms with Crippen molar-refractivity contribution >= 4 is 17.4 Å². The summed E-state index contributed by atoms with van der Waals surface area (Å²) >= 11 is 1.96. The van der Waals surface area contributed by atoms with Crippen LogP contribution >= 0.6 is 11.8 Å². The summed E-state index contributed by atoms with van der Waals surface area (Å²) in [6.45, 7) is 3.85. The zero-order valence-corrected chi connectivity index (χ0v) is 10.4. The Labute approximate surface area is 100 Å². The minimum atomic E-state index is 0.498. The lowest BCUT2D eigenvalue weighted by Crippen LogP contribution is -2.19. The standard InChI is InChI=1S/C12H15N3S/c1-8-5-12(11(6-13)9(2)14-8)15-10-3-4-16-7-10/h5,10H,3-4,7H2,1-2H3,(H,14,15). The summed E-state index contributed by atoms with van der Waals surface area (Å²) in [4.78, 5) is 4.31. The second-order valence-corrected chi connectivity index (χ2v) is 5.24. The predicted molar refractivity (Wildman–Crippen MR) is 67.8 cm³/mol. The molecule has 4 heteroatoms. The van der Waals surface area contributed by atoms with Gasteiger partial charge in [-0.1, -0.05) is 0 Å². The maximum atomic E-state index is 9.13. The average molecular weight is 233 g/mol. The minimum Gasteiger partial charge on any atom is -0.380 e. The molecule has 0 aromatic carbocycles. The molecule has 1 saturated heterocycles. The second kappa shape index (κ2) is 4.75. The van der Waals surface area contributed by atoms with E-state index in [1.165, 1.54) is 12.2 Å². The molecule has 2 heterocycles. The van der Waals surface area contributed by atoms with E-state index in [-0.39, 0.29) is 0 Å². The summed E-state index contributed by atoms with van der Waals surface area (Å²) < 4.78 is 0. The first-order valence-corrected chi connectivity index (χ1v) is 6.59. The molecule has 16 heavy (non-hydrogen) atoms. The monoisotopic (exact) mass is 233 g/mol. The molecule has 3 nitrogen and oxygen atoms in total. The molecule has 1 aliphatic rings. The van der Waals surface area contributed by atoms with Gasteiger partial charge in [-0.3, -0.25) is 4.98 Å². The SMILES string of the molecule is Cc1cc(NC2CCSC2)c(C#N)c(C)n1. The Morgan fingerprint density at radius 2 is 2.38 bits per heavy atom. The van der Waals surface area contributed by atoms with Crippen molar-refractivity contribution in [3.8, 4) is 6.07 Å². The number of nitriles is 1. The van der Waals surface area contributed by atoms with Crippen molar-refractivity contribution in [1.82, 2.24) is 4.98 Å². The fraction of sp³-hybridized carbons (Fsp3) is 0.500. The number of hydrogen-bond acceptors (Lipinski definition) is 4. The number of nitrogens with one attached hydrogen (secondary N) is 1. The minimum absolute atomic E-state index is 0.498. The first kappa shape index (κ1) is 11.3. The molecule has 1 N–H and O–H groups in total. The predicted octanol–water partition coefficient (Wildman–Crippen LogP) is 2.49. The van der Waals surface area contributed by atoms with Crippen LogP contribution in [-0.2, 0) is 0 Å². The molecule has 0 saturated carbocycles. The molecule has 0 radical (unpaired) electrons. The van der Waals surface area contributed by atoms with Gasteiger partial charge in [-0.2, -0.15) is 17.0 Å². The van der Waals surface area contributed by atoms with Gasteiger partial charge in [0.2, 0.25) is 0 Å². The third-order valence-corrected chi connectivity index (χ3v) is 3.89. The molecule has 1 aromatic rings. The molecule has 1 atom stereocenters. The van der Waals surface area contributed by atoms with Crippen LogP contribution in [0.4, 0.5) is 5.69 Å². The highest BCUT2D eigenvalue weighted by atomic mass is 32.2. The maximum absolute atomic E-state index is 9.13. The Bertz CT molecular complexity index is 431. The van der Waals surface area contributed by atoms with Crippen molar-refractivity contribution in [3.05, 3.63) is 23.0 Å². The Morgan fingerprint density at radius 3 is 3.00 bits per heavy atom. The van der Waals surface area contributed by atoms with Crippen molar-refractivity contribution in [2.24, 2.45) is 0 Å². The fourth-order valence-electron chi connectivity index (χ4n) is 1.95. The van der Waals surface area contributed by atoms with E-state index < -0.39 is 0 Å². The smallest absolute Gasteiger partial charge is 0.103 e. The van der Waals surface area contributed by atoms with E-state index in [1.807, 2.05) is 31.7 Å². The molecule has 1 aromatic heterocycles. The highest BCUT2D eigenvalue weighted by Gasteiger charge is 2.17. The molecule has 84 valence electrons. The fourth-order valence-corrected chi connectivity index (χ4v) is 3.10. The molecular weight excluding hydrogens is 218 g/mol. The van der Waals surface area contributed by atoms with Gasteiger partial charge in [-0.25, -0.2) is 0 Å². The summed E-state index contributed by atoms with van der Waals surface area (Å²) in [5, 5.41) is 12.6. The van der Waals surface area contributed by atoms with E-state index in [1.54, 1.807) is 0 Å². The van der Waals surface area contributed by atoms with Gasteiger partial charge in [-0.15, -0.1) is 0 Å². The number of nitrogens with zero attached hydrogens (tertiary/aromatic N) is 2. The number of anilines is 1. The molecule has 2 rings (SSSR count). The Kier molecular flexibility index (Phi) is 3.35. The summed E-state index contributed by atoms with van der Waals surface area (Å²) in [6, 6.07) is 4.70. The van der Waals surface area contributed by atoms with Crippen molar-refractivity contribution in [1.29, 1.82) is 5.26 Å². The van der Waals surface area contributed by atoms with Crippen LogP contribution < -0.4 is 5.32 Å². The summed E-state index contributed by atoms with van der Waals surface area (Å²) in [5.41, 5.74) is 3.41. The van der Waals surface area contributed by atoms with Gasteiger partial charge < -0.3 is 5.32 Å². The van der Waals surface area contributed by atoms with E-state index in [9.17, 15) is 0 Å². The second-order valence-electron chi connectivity index (χ2n) is 4.09. The Balaban J connectivity index is 2.28. The van der Waals surface area contributed by atoms with Gasteiger partial charge in [-0.05, 0) is 32.1 Å². The molecule has 0 bridgehead atoms. The van der Waals surface area contributed by atoms with Crippen molar-refractivity contribution in [2.45, 2.75) is 26.3 Å². The highest BCUT2D eigenvalue weighted by molar-refractivity contribution is 7.99. The van der Waals surface area contributed by atoms with Gasteiger partial charge in [0.05, 0.1) is 16.9 Å². The topological polar surface area (TPSA) is 48.7 Å². The molecule has 0 spiro atoms. The third-order valence-electron chi connectivity index (χ3n) is 2.73. The van der Waals surface area contributed by atoms with Crippen molar-refractivity contribution < 1.29 is 0 Å².